The van der Waals surface area contributed by atoms with Crippen LogP contribution >= 0.6 is 11.3 Å². The first-order chi connectivity index (χ1) is 11.5. The van der Waals surface area contributed by atoms with E-state index >= 15 is 0 Å². The first-order valence-corrected chi connectivity index (χ1v) is 8.90. The number of aromatic nitrogens is 1. The molecule has 2 heterocycles. The molecule has 124 valence electrons. The third-order valence-corrected chi connectivity index (χ3v) is 5.15. The van der Waals surface area contributed by atoms with Gasteiger partial charge in [-0.15, -0.1) is 11.3 Å². The molecule has 0 saturated carbocycles. The fourth-order valence-electron chi connectivity index (χ4n) is 2.51. The molecule has 3 aromatic rings. The normalized spacial score (nSPS) is 11.2. The van der Waals surface area contributed by atoms with Crippen LogP contribution in [0.25, 0.3) is 10.2 Å². The highest BCUT2D eigenvalue weighted by molar-refractivity contribution is 7.21. The van der Waals surface area contributed by atoms with E-state index in [1.165, 1.54) is 16.9 Å². The lowest BCUT2D eigenvalue weighted by Gasteiger charge is -2.05. The molecule has 0 aliphatic rings. The lowest BCUT2D eigenvalue weighted by Crippen LogP contribution is -2.11. The summed E-state index contributed by atoms with van der Waals surface area (Å²) >= 11 is 1.34. The van der Waals surface area contributed by atoms with E-state index in [1.807, 2.05) is 36.4 Å². The van der Waals surface area contributed by atoms with Gasteiger partial charge >= 0.3 is 0 Å². The molecule has 0 fully saturated rings. The van der Waals surface area contributed by atoms with Crippen LogP contribution in [0.5, 0.6) is 0 Å². The second-order valence-corrected chi connectivity index (χ2v) is 7.09. The van der Waals surface area contributed by atoms with E-state index in [0.29, 0.717) is 16.5 Å². The molecule has 0 atom stereocenters. The van der Waals surface area contributed by atoms with E-state index in [4.69, 9.17) is 5.73 Å². The Balaban J connectivity index is 1.89. The number of benzene rings is 1. The molecule has 4 nitrogen and oxygen atoms in total. The van der Waals surface area contributed by atoms with E-state index in [2.05, 4.69) is 31.1 Å². The molecule has 0 spiro atoms. The summed E-state index contributed by atoms with van der Waals surface area (Å²) in [6, 6.07) is 11.8. The summed E-state index contributed by atoms with van der Waals surface area (Å²) in [5.41, 5.74) is 9.69. The van der Waals surface area contributed by atoms with Gasteiger partial charge in [0.1, 0.15) is 9.71 Å². The van der Waals surface area contributed by atoms with E-state index in [1.54, 1.807) is 0 Å². The number of nitrogen functional groups attached to an aromatic ring is 1. The molecule has 1 aromatic carbocycles. The minimum Gasteiger partial charge on any atom is -0.397 e. The van der Waals surface area contributed by atoms with Crippen molar-refractivity contribution < 1.29 is 4.79 Å². The second kappa shape index (κ2) is 6.61. The number of pyridine rings is 1. The lowest BCUT2D eigenvalue weighted by atomic mass is 10.1. The van der Waals surface area contributed by atoms with Crippen molar-refractivity contribution in [2.24, 2.45) is 0 Å². The van der Waals surface area contributed by atoms with Gasteiger partial charge in [-0.3, -0.25) is 4.79 Å². The molecule has 3 N–H and O–H groups in total. The number of hydrogen-bond donors (Lipinski definition) is 2. The second-order valence-electron chi connectivity index (χ2n) is 6.09. The van der Waals surface area contributed by atoms with E-state index in [-0.39, 0.29) is 5.91 Å². The lowest BCUT2D eigenvalue weighted by molar-refractivity contribution is 0.103. The summed E-state index contributed by atoms with van der Waals surface area (Å²) in [5, 5.41) is 3.76. The van der Waals surface area contributed by atoms with Gasteiger partial charge in [-0.25, -0.2) is 4.98 Å². The summed E-state index contributed by atoms with van der Waals surface area (Å²) < 4.78 is 0. The largest absolute Gasteiger partial charge is 0.397 e. The molecule has 0 aliphatic heterocycles. The molecule has 0 aliphatic carbocycles. The maximum Gasteiger partial charge on any atom is 0.267 e. The monoisotopic (exact) mass is 339 g/mol. The topological polar surface area (TPSA) is 68.0 Å². The van der Waals surface area contributed by atoms with Crippen LogP contribution in [0, 0.1) is 0 Å². The predicted molar refractivity (Wildman–Crippen MR) is 102 cm³/mol. The van der Waals surface area contributed by atoms with Crippen molar-refractivity contribution in [3.05, 3.63) is 52.5 Å². The number of aryl methyl sites for hydroxylation is 1. The Hall–Kier alpha value is -2.40. The zero-order valence-electron chi connectivity index (χ0n) is 14.1. The molecule has 0 unspecified atom stereocenters. The number of nitrogens with two attached hydrogens (primary N) is 1. The SMILES string of the molecule is CCc1ccc(NC(=O)c2sc3nc(C(C)C)ccc3c2N)cc1. The third-order valence-electron chi connectivity index (χ3n) is 4.03. The quantitative estimate of drug-likeness (QED) is 0.716. The number of amides is 1. The van der Waals surface area contributed by atoms with Gasteiger partial charge in [-0.1, -0.05) is 32.9 Å². The van der Waals surface area contributed by atoms with Gasteiger partial charge in [0.2, 0.25) is 0 Å². The molecule has 0 radical (unpaired) electrons. The molecule has 0 bridgehead atoms. The maximum atomic E-state index is 12.6. The Kier molecular flexibility index (Phi) is 4.53. The molecule has 24 heavy (non-hydrogen) atoms. The van der Waals surface area contributed by atoms with Crippen molar-refractivity contribution in [1.82, 2.24) is 4.98 Å². The van der Waals surface area contributed by atoms with Crippen LogP contribution in [0.1, 0.15) is 47.6 Å². The van der Waals surface area contributed by atoms with Crippen LogP contribution in [0.15, 0.2) is 36.4 Å². The summed E-state index contributed by atoms with van der Waals surface area (Å²) in [6.07, 6.45) is 0.974. The smallest absolute Gasteiger partial charge is 0.267 e. The molecule has 0 saturated heterocycles. The van der Waals surface area contributed by atoms with Gasteiger partial charge in [0.15, 0.2) is 0 Å². The summed E-state index contributed by atoms with van der Waals surface area (Å²) in [6.45, 7) is 6.29. The van der Waals surface area contributed by atoms with Crippen molar-refractivity contribution in [2.75, 3.05) is 11.1 Å². The first-order valence-electron chi connectivity index (χ1n) is 8.08. The molecule has 1 amide bonds. The number of anilines is 2. The molecule has 5 heteroatoms. The number of fused-ring (bicyclic) bond motifs is 1. The van der Waals surface area contributed by atoms with Crippen LogP contribution < -0.4 is 11.1 Å². The number of nitrogens with one attached hydrogen (secondary N) is 1. The minimum absolute atomic E-state index is 0.189. The van der Waals surface area contributed by atoms with Crippen LogP contribution in [0.3, 0.4) is 0 Å². The highest BCUT2D eigenvalue weighted by atomic mass is 32.1. The van der Waals surface area contributed by atoms with Gasteiger partial charge in [-0.2, -0.15) is 0 Å². The number of carbonyl (C=O) groups is 1. The Morgan fingerprint density at radius 1 is 1.21 bits per heavy atom. The zero-order chi connectivity index (χ0) is 17.3. The van der Waals surface area contributed by atoms with Gasteiger partial charge in [0, 0.05) is 16.8 Å². The highest BCUT2D eigenvalue weighted by Crippen LogP contribution is 2.34. The van der Waals surface area contributed by atoms with Gasteiger partial charge < -0.3 is 11.1 Å². The van der Waals surface area contributed by atoms with E-state index in [0.717, 1.165) is 28.0 Å². The Morgan fingerprint density at radius 3 is 2.54 bits per heavy atom. The summed E-state index contributed by atoms with van der Waals surface area (Å²) in [4.78, 5) is 18.5. The van der Waals surface area contributed by atoms with Crippen molar-refractivity contribution in [3.63, 3.8) is 0 Å². The van der Waals surface area contributed by atoms with Gasteiger partial charge in [0.25, 0.3) is 5.91 Å². The molecule has 2 aromatic heterocycles. The van der Waals surface area contributed by atoms with Gasteiger partial charge in [0.05, 0.1) is 5.69 Å². The Labute approximate surface area is 145 Å². The maximum absolute atomic E-state index is 12.6. The van der Waals surface area contributed by atoms with Crippen LogP contribution in [0.4, 0.5) is 11.4 Å². The van der Waals surface area contributed by atoms with Crippen LogP contribution in [-0.2, 0) is 6.42 Å². The minimum atomic E-state index is -0.189. The summed E-state index contributed by atoms with van der Waals surface area (Å²) in [7, 11) is 0. The van der Waals surface area contributed by atoms with Crippen molar-refractivity contribution in [2.45, 2.75) is 33.1 Å². The van der Waals surface area contributed by atoms with Gasteiger partial charge in [-0.05, 0) is 42.2 Å². The highest BCUT2D eigenvalue weighted by Gasteiger charge is 2.18. The van der Waals surface area contributed by atoms with E-state index < -0.39 is 0 Å². The fourth-order valence-corrected chi connectivity index (χ4v) is 3.51. The van der Waals surface area contributed by atoms with Crippen molar-refractivity contribution in [3.8, 4) is 0 Å². The number of rotatable bonds is 4. The zero-order valence-corrected chi connectivity index (χ0v) is 14.9. The Morgan fingerprint density at radius 2 is 1.92 bits per heavy atom. The number of carbonyl (C=O) groups excluding carboxylic acids is 1. The average Bonchev–Trinajstić information content (AvgIpc) is 2.92. The number of hydrogen-bond acceptors (Lipinski definition) is 4. The van der Waals surface area contributed by atoms with Crippen molar-refractivity contribution in [1.29, 1.82) is 0 Å². The van der Waals surface area contributed by atoms with Crippen LogP contribution in [0.2, 0.25) is 0 Å². The average molecular weight is 339 g/mol. The molecular weight excluding hydrogens is 318 g/mol. The van der Waals surface area contributed by atoms with Crippen molar-refractivity contribution >= 4 is 38.8 Å². The number of thiophene rings is 1. The molecular formula is C19H21N3OS. The molecule has 3 rings (SSSR count). The predicted octanol–water partition coefficient (Wildman–Crippen LogP) is 4.82. The Bertz CT molecular complexity index is 882. The van der Waals surface area contributed by atoms with Crippen LogP contribution in [-0.4, -0.2) is 10.9 Å². The first kappa shape index (κ1) is 16.5. The third kappa shape index (κ3) is 3.12. The standard InChI is InChI=1S/C19H21N3OS/c1-4-12-5-7-13(8-6-12)21-18(23)17-16(20)14-9-10-15(11(2)3)22-19(14)24-17/h5-11H,4,20H2,1-3H3,(H,21,23). The fraction of sp³-hybridized carbons (Fsp3) is 0.263. The summed E-state index contributed by atoms with van der Waals surface area (Å²) in [5.74, 6) is 0.151. The number of nitrogens with zero attached hydrogens (tertiary/aromatic N) is 1. The van der Waals surface area contributed by atoms with E-state index in [9.17, 15) is 4.79 Å².